The molecule has 1 unspecified atom stereocenters. The number of aryl methyl sites for hydroxylation is 1. The highest BCUT2D eigenvalue weighted by Crippen LogP contribution is 2.32. The third kappa shape index (κ3) is 4.82. The molecule has 0 fully saturated rings. The van der Waals surface area contributed by atoms with Crippen molar-refractivity contribution >= 4 is 22.3 Å². The van der Waals surface area contributed by atoms with E-state index in [2.05, 4.69) is 15.4 Å². The smallest absolute Gasteiger partial charge is 0.341 e. The van der Waals surface area contributed by atoms with Gasteiger partial charge in [0.25, 0.3) is 0 Å². The SMILES string of the molecule is CCOC(=O)c1cc(CC)sc1NCC(O)(Cn1cncn1)c1ccc(F)cc1F. The van der Waals surface area contributed by atoms with Crippen LogP contribution in [-0.4, -0.2) is 39.0 Å². The van der Waals surface area contributed by atoms with Crippen molar-refractivity contribution in [1.29, 1.82) is 0 Å². The minimum absolute atomic E-state index is 0.100. The van der Waals surface area contributed by atoms with E-state index < -0.39 is 23.2 Å². The van der Waals surface area contributed by atoms with Crippen LogP contribution in [0.15, 0.2) is 36.9 Å². The molecule has 0 aliphatic carbocycles. The van der Waals surface area contributed by atoms with Crippen molar-refractivity contribution in [3.63, 3.8) is 0 Å². The number of anilines is 1. The van der Waals surface area contributed by atoms with Crippen LogP contribution in [0.3, 0.4) is 0 Å². The third-order valence-corrected chi connectivity index (χ3v) is 5.73. The molecule has 160 valence electrons. The largest absolute Gasteiger partial charge is 0.462 e. The number of aromatic nitrogens is 3. The molecule has 7 nitrogen and oxygen atoms in total. The number of hydrogen-bond acceptors (Lipinski definition) is 7. The molecule has 1 aromatic carbocycles. The Morgan fingerprint density at radius 3 is 2.77 bits per heavy atom. The molecule has 0 radical (unpaired) electrons. The molecule has 2 N–H and O–H groups in total. The van der Waals surface area contributed by atoms with Crippen molar-refractivity contribution in [2.75, 3.05) is 18.5 Å². The van der Waals surface area contributed by atoms with Crippen LogP contribution in [0.2, 0.25) is 0 Å². The summed E-state index contributed by atoms with van der Waals surface area (Å²) in [6, 6.07) is 4.72. The molecule has 0 aliphatic rings. The number of rotatable bonds is 9. The van der Waals surface area contributed by atoms with Gasteiger partial charge in [0, 0.05) is 16.5 Å². The number of thiophene rings is 1. The van der Waals surface area contributed by atoms with Crippen LogP contribution in [-0.2, 0) is 23.3 Å². The van der Waals surface area contributed by atoms with Crippen molar-refractivity contribution in [3.05, 3.63) is 64.6 Å². The zero-order valence-corrected chi connectivity index (χ0v) is 17.4. The maximum atomic E-state index is 14.5. The summed E-state index contributed by atoms with van der Waals surface area (Å²) in [5.74, 6) is -2.11. The normalized spacial score (nSPS) is 13.1. The molecule has 10 heteroatoms. The van der Waals surface area contributed by atoms with Crippen molar-refractivity contribution in [3.8, 4) is 0 Å². The number of carbonyl (C=O) groups excluding carboxylic acids is 1. The molecule has 0 aliphatic heterocycles. The second-order valence-corrected chi connectivity index (χ2v) is 7.77. The zero-order valence-electron chi connectivity index (χ0n) is 16.6. The van der Waals surface area contributed by atoms with Crippen LogP contribution in [0.25, 0.3) is 0 Å². The van der Waals surface area contributed by atoms with E-state index in [1.165, 1.54) is 34.7 Å². The topological polar surface area (TPSA) is 89.3 Å². The minimum atomic E-state index is -1.80. The van der Waals surface area contributed by atoms with Crippen molar-refractivity contribution in [2.24, 2.45) is 0 Å². The van der Waals surface area contributed by atoms with E-state index in [1.54, 1.807) is 13.0 Å². The van der Waals surface area contributed by atoms with Crippen LogP contribution in [0, 0.1) is 11.6 Å². The first-order valence-corrected chi connectivity index (χ1v) is 10.2. The lowest BCUT2D eigenvalue weighted by Crippen LogP contribution is -2.39. The Labute approximate surface area is 176 Å². The van der Waals surface area contributed by atoms with E-state index in [4.69, 9.17) is 4.74 Å². The molecule has 0 bridgehead atoms. The van der Waals surface area contributed by atoms with Gasteiger partial charge in [-0.2, -0.15) is 5.10 Å². The van der Waals surface area contributed by atoms with E-state index in [0.29, 0.717) is 23.1 Å². The Hall–Kier alpha value is -2.85. The van der Waals surface area contributed by atoms with Gasteiger partial charge in [0.15, 0.2) is 0 Å². The average Bonchev–Trinajstić information content (AvgIpc) is 3.36. The number of halogens is 2. The number of hydrogen-bond donors (Lipinski definition) is 2. The number of benzene rings is 1. The molecule has 0 spiro atoms. The molecule has 30 heavy (non-hydrogen) atoms. The van der Waals surface area contributed by atoms with Crippen LogP contribution in [0.4, 0.5) is 13.8 Å². The Morgan fingerprint density at radius 2 is 2.13 bits per heavy atom. The summed E-state index contributed by atoms with van der Waals surface area (Å²) >= 11 is 1.35. The van der Waals surface area contributed by atoms with Gasteiger partial charge in [0.2, 0.25) is 0 Å². The van der Waals surface area contributed by atoms with Gasteiger partial charge in [0.1, 0.15) is 34.9 Å². The van der Waals surface area contributed by atoms with E-state index in [9.17, 15) is 18.7 Å². The van der Waals surface area contributed by atoms with Gasteiger partial charge < -0.3 is 15.2 Å². The van der Waals surface area contributed by atoms with Crippen LogP contribution in [0.1, 0.15) is 34.6 Å². The summed E-state index contributed by atoms with van der Waals surface area (Å²) in [7, 11) is 0. The molecule has 0 saturated carbocycles. The Balaban J connectivity index is 1.93. The maximum absolute atomic E-state index is 14.5. The zero-order chi connectivity index (χ0) is 21.7. The predicted molar refractivity (Wildman–Crippen MR) is 108 cm³/mol. The molecule has 1 atom stereocenters. The molecule has 3 aromatic rings. The van der Waals surface area contributed by atoms with Crippen LogP contribution < -0.4 is 5.32 Å². The lowest BCUT2D eigenvalue weighted by Gasteiger charge is -2.29. The molecule has 3 rings (SSSR count). The highest BCUT2D eigenvalue weighted by atomic mass is 32.1. The Morgan fingerprint density at radius 1 is 1.33 bits per heavy atom. The van der Waals surface area contributed by atoms with E-state index >= 15 is 0 Å². The standard InChI is InChI=1S/C20H22F2N4O3S/c1-3-14-8-15(19(27)29-4-2)18(30-14)24-9-20(28,10-26-12-23-11-25-26)16-6-5-13(21)7-17(16)22/h5-8,11-12,24,28H,3-4,9-10H2,1-2H3. The average molecular weight is 436 g/mol. The molecule has 0 saturated heterocycles. The van der Waals surface area contributed by atoms with Crippen LogP contribution >= 0.6 is 11.3 Å². The summed E-state index contributed by atoms with van der Waals surface area (Å²) in [5.41, 5.74) is -1.55. The van der Waals surface area contributed by atoms with Gasteiger partial charge in [0.05, 0.1) is 25.3 Å². The number of aliphatic hydroxyl groups is 1. The summed E-state index contributed by atoms with van der Waals surface area (Å²) in [6.07, 6.45) is 3.39. The second kappa shape index (κ2) is 9.31. The first-order valence-electron chi connectivity index (χ1n) is 9.40. The minimum Gasteiger partial charge on any atom is -0.462 e. The summed E-state index contributed by atoms with van der Waals surface area (Å²) < 4.78 is 34.4. The Kier molecular flexibility index (Phi) is 6.78. The van der Waals surface area contributed by atoms with E-state index in [1.807, 2.05) is 6.92 Å². The Bertz CT molecular complexity index is 1010. The van der Waals surface area contributed by atoms with Gasteiger partial charge in [-0.15, -0.1) is 11.3 Å². The van der Waals surface area contributed by atoms with E-state index in [0.717, 1.165) is 10.9 Å². The maximum Gasteiger partial charge on any atom is 0.341 e. The molecule has 2 aromatic heterocycles. The summed E-state index contributed by atoms with van der Waals surface area (Å²) in [4.78, 5) is 17.1. The lowest BCUT2D eigenvalue weighted by molar-refractivity contribution is 0.0246. The molecule has 2 heterocycles. The van der Waals surface area contributed by atoms with Crippen molar-refractivity contribution in [1.82, 2.24) is 14.8 Å². The monoisotopic (exact) mass is 436 g/mol. The highest BCUT2D eigenvalue weighted by Gasteiger charge is 2.34. The lowest BCUT2D eigenvalue weighted by atomic mass is 9.93. The number of nitrogens with zero attached hydrogens (tertiary/aromatic N) is 3. The third-order valence-electron chi connectivity index (χ3n) is 4.49. The van der Waals surface area contributed by atoms with Gasteiger partial charge in [-0.05, 0) is 25.5 Å². The first kappa shape index (κ1) is 21.8. The number of nitrogens with one attached hydrogen (secondary N) is 1. The van der Waals surface area contributed by atoms with Gasteiger partial charge in [-0.1, -0.05) is 13.0 Å². The van der Waals surface area contributed by atoms with Gasteiger partial charge in [-0.3, -0.25) is 0 Å². The predicted octanol–water partition coefficient (Wildman–Crippen LogP) is 3.36. The quantitative estimate of drug-likeness (QED) is 0.500. The number of carbonyl (C=O) groups is 1. The van der Waals surface area contributed by atoms with Gasteiger partial charge in [-0.25, -0.2) is 23.2 Å². The van der Waals surface area contributed by atoms with Crippen molar-refractivity contribution in [2.45, 2.75) is 32.4 Å². The second-order valence-electron chi connectivity index (χ2n) is 6.63. The van der Waals surface area contributed by atoms with Crippen molar-refractivity contribution < 1.29 is 23.4 Å². The van der Waals surface area contributed by atoms with Crippen LogP contribution in [0.5, 0.6) is 0 Å². The fraction of sp³-hybridized carbons (Fsp3) is 0.350. The summed E-state index contributed by atoms with van der Waals surface area (Å²) in [5, 5.41) is 18.9. The summed E-state index contributed by atoms with van der Waals surface area (Å²) in [6.45, 7) is 3.60. The van der Waals surface area contributed by atoms with Gasteiger partial charge >= 0.3 is 5.97 Å². The fourth-order valence-corrected chi connectivity index (χ4v) is 4.00. The highest BCUT2D eigenvalue weighted by molar-refractivity contribution is 7.16. The molecule has 0 amide bonds. The molecular weight excluding hydrogens is 414 g/mol. The number of esters is 1. The fourth-order valence-electron chi connectivity index (χ4n) is 3.02. The number of ether oxygens (including phenoxy) is 1. The van der Waals surface area contributed by atoms with E-state index in [-0.39, 0.29) is 25.3 Å². The molecular formula is C20H22F2N4O3S. The first-order chi connectivity index (χ1) is 14.4.